The molecule has 0 N–H and O–H groups in total. The van der Waals surface area contributed by atoms with Gasteiger partial charge in [0.05, 0.1) is 5.56 Å². The lowest BCUT2D eigenvalue weighted by molar-refractivity contribution is -0.743. The Labute approximate surface area is 226 Å². The first kappa shape index (κ1) is 23.5. The van der Waals surface area contributed by atoms with Gasteiger partial charge < -0.3 is 0 Å². The fourth-order valence-electron chi connectivity index (χ4n) is 7.82. The SMILES string of the molecule is CCC1(C)c2ccccc2-c2n(-c3ccc4c(c3)C(C)(C)c3ccccc3-4)c3ccccc3[n+]2C1(C)CC. The standard InChI is InChI=1S/C36H37N2/c1-7-35(5)29-18-12-10-16-27(29)33-37(31-19-13-14-20-32(31)38(33)36(35,6)8-2)24-21-22-26-25-15-9-11-17-28(25)34(3,4)30(26)23-24/h9-23H,7-8H2,1-6H3/q+1. The molecule has 2 nitrogen and oxygen atoms in total. The van der Waals surface area contributed by atoms with E-state index in [1.807, 2.05) is 0 Å². The number of hydrogen-bond donors (Lipinski definition) is 0. The number of hydrogen-bond acceptors (Lipinski definition) is 0. The van der Waals surface area contributed by atoms with Gasteiger partial charge in [0, 0.05) is 10.8 Å². The van der Waals surface area contributed by atoms with Crippen molar-refractivity contribution in [1.82, 2.24) is 4.57 Å². The number of nitrogens with zero attached hydrogens (tertiary/aromatic N) is 2. The van der Waals surface area contributed by atoms with Gasteiger partial charge in [-0.25, -0.2) is 4.57 Å². The van der Waals surface area contributed by atoms with E-state index in [0.29, 0.717) is 0 Å². The Kier molecular flexibility index (Phi) is 4.75. The van der Waals surface area contributed by atoms with Crippen LogP contribution in [0.2, 0.25) is 0 Å². The zero-order valence-electron chi connectivity index (χ0n) is 23.5. The Morgan fingerprint density at radius 1 is 0.632 bits per heavy atom. The Bertz CT molecular complexity index is 1750. The third kappa shape index (κ3) is 2.66. The molecule has 7 rings (SSSR count). The minimum Gasteiger partial charge on any atom is -0.216 e. The number of imidazole rings is 1. The molecule has 5 aromatic rings. The molecule has 2 heteroatoms. The molecule has 0 saturated heterocycles. The molecular formula is C36H37N2+. The average Bonchev–Trinajstić information content (AvgIpc) is 3.42. The zero-order valence-corrected chi connectivity index (χ0v) is 23.5. The van der Waals surface area contributed by atoms with Gasteiger partial charge in [-0.1, -0.05) is 89.2 Å². The Hall–Kier alpha value is -3.65. The summed E-state index contributed by atoms with van der Waals surface area (Å²) in [5.41, 5.74) is 12.1. The number of rotatable bonds is 3. The lowest BCUT2D eigenvalue weighted by Crippen LogP contribution is -2.67. The van der Waals surface area contributed by atoms with E-state index in [2.05, 4.69) is 142 Å². The highest BCUT2D eigenvalue weighted by molar-refractivity contribution is 5.84. The van der Waals surface area contributed by atoms with Crippen LogP contribution in [0.3, 0.4) is 0 Å². The average molecular weight is 498 g/mol. The number of para-hydroxylation sites is 2. The molecule has 1 aliphatic heterocycles. The van der Waals surface area contributed by atoms with E-state index >= 15 is 0 Å². The van der Waals surface area contributed by atoms with Gasteiger partial charge in [-0.3, -0.25) is 0 Å². The van der Waals surface area contributed by atoms with Gasteiger partial charge in [0.2, 0.25) is 0 Å². The summed E-state index contributed by atoms with van der Waals surface area (Å²) < 4.78 is 5.22. The molecule has 38 heavy (non-hydrogen) atoms. The van der Waals surface area contributed by atoms with Crippen LogP contribution in [0.15, 0.2) is 91.0 Å². The molecule has 0 saturated carbocycles. The van der Waals surface area contributed by atoms with E-state index < -0.39 is 0 Å². The maximum Gasteiger partial charge on any atom is 0.295 e. The van der Waals surface area contributed by atoms with Crippen LogP contribution in [0, 0.1) is 0 Å². The summed E-state index contributed by atoms with van der Waals surface area (Å²) in [7, 11) is 0. The van der Waals surface area contributed by atoms with Crippen LogP contribution in [0.1, 0.15) is 71.1 Å². The van der Waals surface area contributed by atoms with Crippen LogP contribution in [0.5, 0.6) is 0 Å². The van der Waals surface area contributed by atoms with Crippen LogP contribution in [-0.2, 0) is 16.4 Å². The maximum absolute atomic E-state index is 2.68. The van der Waals surface area contributed by atoms with E-state index in [1.165, 1.54) is 55.9 Å². The lowest BCUT2D eigenvalue weighted by atomic mass is 9.61. The van der Waals surface area contributed by atoms with E-state index in [9.17, 15) is 0 Å². The van der Waals surface area contributed by atoms with Crippen molar-refractivity contribution in [3.8, 4) is 28.2 Å². The Balaban J connectivity index is 1.60. The quantitative estimate of drug-likeness (QED) is 0.220. The highest BCUT2D eigenvalue weighted by Gasteiger charge is 2.56. The van der Waals surface area contributed by atoms with E-state index in [-0.39, 0.29) is 16.4 Å². The van der Waals surface area contributed by atoms with Crippen molar-refractivity contribution >= 4 is 11.0 Å². The molecule has 0 radical (unpaired) electrons. The van der Waals surface area contributed by atoms with Crippen LogP contribution in [0.25, 0.3) is 39.2 Å². The van der Waals surface area contributed by atoms with Crippen LogP contribution < -0.4 is 4.57 Å². The normalized spacial score (nSPS) is 22.6. The fourth-order valence-corrected chi connectivity index (χ4v) is 7.82. The van der Waals surface area contributed by atoms with Gasteiger partial charge >= 0.3 is 0 Å². The molecule has 1 aliphatic carbocycles. The number of benzene rings is 4. The number of fused-ring (bicyclic) bond motifs is 8. The van der Waals surface area contributed by atoms with Crippen molar-refractivity contribution in [3.63, 3.8) is 0 Å². The van der Waals surface area contributed by atoms with Gasteiger partial charge in [0.15, 0.2) is 11.0 Å². The molecule has 2 heterocycles. The third-order valence-corrected chi connectivity index (χ3v) is 10.5. The second-order valence-corrected chi connectivity index (χ2v) is 12.2. The predicted octanol–water partition coefficient (Wildman–Crippen LogP) is 8.70. The maximum atomic E-state index is 2.68. The molecule has 0 spiro atoms. The Morgan fingerprint density at radius 2 is 1.26 bits per heavy atom. The molecule has 4 aromatic carbocycles. The fraction of sp³-hybridized carbons (Fsp3) is 0.306. The minimum absolute atomic E-state index is 0.0204. The van der Waals surface area contributed by atoms with Crippen molar-refractivity contribution in [1.29, 1.82) is 0 Å². The van der Waals surface area contributed by atoms with Crippen molar-refractivity contribution in [2.45, 2.75) is 70.8 Å². The summed E-state index contributed by atoms with van der Waals surface area (Å²) in [5.74, 6) is 1.30. The van der Waals surface area contributed by atoms with Gasteiger partial charge in [-0.15, -0.1) is 0 Å². The minimum atomic E-state index is -0.0669. The molecule has 0 fully saturated rings. The highest BCUT2D eigenvalue weighted by Crippen LogP contribution is 2.52. The third-order valence-electron chi connectivity index (χ3n) is 10.5. The van der Waals surface area contributed by atoms with Crippen molar-refractivity contribution in [3.05, 3.63) is 108 Å². The second-order valence-electron chi connectivity index (χ2n) is 12.2. The largest absolute Gasteiger partial charge is 0.295 e. The second kappa shape index (κ2) is 7.69. The van der Waals surface area contributed by atoms with Crippen molar-refractivity contribution < 1.29 is 4.57 Å². The molecule has 2 aliphatic rings. The van der Waals surface area contributed by atoms with Crippen molar-refractivity contribution in [2.24, 2.45) is 0 Å². The lowest BCUT2D eigenvalue weighted by Gasteiger charge is -2.47. The summed E-state index contributed by atoms with van der Waals surface area (Å²) >= 11 is 0. The zero-order chi connectivity index (χ0) is 26.4. The highest BCUT2D eigenvalue weighted by atomic mass is 15.2. The summed E-state index contributed by atoms with van der Waals surface area (Å²) in [6.45, 7) is 14.4. The Morgan fingerprint density at radius 3 is 2.00 bits per heavy atom. The smallest absolute Gasteiger partial charge is 0.216 e. The van der Waals surface area contributed by atoms with Gasteiger partial charge in [0.25, 0.3) is 5.82 Å². The molecule has 1 aromatic heterocycles. The molecule has 0 amide bonds. The molecule has 2 atom stereocenters. The van der Waals surface area contributed by atoms with Gasteiger partial charge in [-0.05, 0) is 84.0 Å². The number of aromatic nitrogens is 2. The van der Waals surface area contributed by atoms with Crippen LogP contribution in [-0.4, -0.2) is 4.57 Å². The summed E-state index contributed by atoms with van der Waals surface area (Å²) in [6.07, 6.45) is 2.15. The van der Waals surface area contributed by atoms with Gasteiger partial charge in [-0.2, -0.15) is 4.57 Å². The van der Waals surface area contributed by atoms with E-state index in [0.717, 1.165) is 12.8 Å². The summed E-state index contributed by atoms with van der Waals surface area (Å²) in [6, 6.07) is 34.2. The molecular weight excluding hydrogens is 460 g/mol. The molecule has 190 valence electrons. The van der Waals surface area contributed by atoms with Crippen LogP contribution in [0.4, 0.5) is 0 Å². The molecule has 0 bridgehead atoms. The summed E-state index contributed by atoms with van der Waals surface area (Å²) in [4.78, 5) is 0. The van der Waals surface area contributed by atoms with Crippen molar-refractivity contribution in [2.75, 3.05) is 0 Å². The topological polar surface area (TPSA) is 8.81 Å². The van der Waals surface area contributed by atoms with Gasteiger partial charge in [0.1, 0.15) is 11.2 Å². The first-order chi connectivity index (χ1) is 18.3. The summed E-state index contributed by atoms with van der Waals surface area (Å²) in [5, 5.41) is 0. The first-order valence-corrected chi connectivity index (χ1v) is 14.2. The van der Waals surface area contributed by atoms with E-state index in [1.54, 1.807) is 0 Å². The first-order valence-electron chi connectivity index (χ1n) is 14.2. The predicted molar refractivity (Wildman–Crippen MR) is 158 cm³/mol. The van der Waals surface area contributed by atoms with Crippen LogP contribution >= 0.6 is 0 Å². The molecule has 2 unspecified atom stereocenters. The monoisotopic (exact) mass is 497 g/mol. The van der Waals surface area contributed by atoms with E-state index in [4.69, 9.17) is 0 Å².